The summed E-state index contributed by atoms with van der Waals surface area (Å²) in [6, 6.07) is 22.9. The fourth-order valence-corrected chi connectivity index (χ4v) is 3.05. The number of nitrogens with one attached hydrogen (secondary N) is 1. The number of phenolic OH excluding ortho intramolecular Hbond substituents is 1. The van der Waals surface area contributed by atoms with E-state index in [0.717, 1.165) is 32.3 Å². The lowest BCUT2D eigenvalue weighted by atomic mass is 10.1. The van der Waals surface area contributed by atoms with E-state index in [0.29, 0.717) is 5.95 Å². The summed E-state index contributed by atoms with van der Waals surface area (Å²) in [7, 11) is 0. The van der Waals surface area contributed by atoms with Gasteiger partial charge in [0, 0.05) is 27.2 Å². The molecule has 1 heterocycles. The Kier molecular flexibility index (Phi) is 4.07. The molecular weight excluding hydrogens is 378 g/mol. The van der Waals surface area contributed by atoms with Crippen LogP contribution in [0.1, 0.15) is 0 Å². The number of nitrogens with zero attached hydrogens (tertiary/aromatic N) is 2. The normalized spacial score (nSPS) is 10.8. The van der Waals surface area contributed by atoms with Crippen molar-refractivity contribution in [2.75, 3.05) is 5.32 Å². The molecule has 4 nitrogen and oxygen atoms in total. The van der Waals surface area contributed by atoms with E-state index in [9.17, 15) is 5.11 Å². The predicted molar refractivity (Wildman–Crippen MR) is 104 cm³/mol. The third-order valence-corrected chi connectivity index (χ3v) is 4.30. The van der Waals surface area contributed by atoms with Crippen molar-refractivity contribution in [1.29, 1.82) is 0 Å². The van der Waals surface area contributed by atoms with Gasteiger partial charge >= 0.3 is 0 Å². The summed E-state index contributed by atoms with van der Waals surface area (Å²) >= 11 is 3.52. The van der Waals surface area contributed by atoms with Gasteiger partial charge in [0.2, 0.25) is 5.95 Å². The molecule has 0 saturated carbocycles. The Balaban J connectivity index is 1.88. The molecule has 4 rings (SSSR count). The van der Waals surface area contributed by atoms with Crippen LogP contribution in [0.4, 0.5) is 11.6 Å². The second-order valence-electron chi connectivity index (χ2n) is 5.60. The fraction of sp³-hybridized carbons (Fsp3) is 0. The molecule has 0 atom stereocenters. The Labute approximate surface area is 153 Å². The molecule has 0 unspecified atom stereocenters. The van der Waals surface area contributed by atoms with Gasteiger partial charge in [0.25, 0.3) is 0 Å². The maximum absolute atomic E-state index is 9.64. The molecule has 0 fully saturated rings. The van der Waals surface area contributed by atoms with Crippen LogP contribution in [-0.2, 0) is 0 Å². The first-order chi connectivity index (χ1) is 12.2. The third-order valence-electron chi connectivity index (χ3n) is 3.81. The van der Waals surface area contributed by atoms with Crippen LogP contribution in [-0.4, -0.2) is 15.1 Å². The molecule has 5 heteroatoms. The summed E-state index contributed by atoms with van der Waals surface area (Å²) in [5.74, 6) is 0.678. The highest BCUT2D eigenvalue weighted by molar-refractivity contribution is 9.10. The lowest BCUT2D eigenvalue weighted by Crippen LogP contribution is -1.99. The summed E-state index contributed by atoms with van der Waals surface area (Å²) in [6.45, 7) is 0. The van der Waals surface area contributed by atoms with Crippen LogP contribution in [0.25, 0.3) is 22.2 Å². The van der Waals surface area contributed by atoms with Gasteiger partial charge in [0.15, 0.2) is 0 Å². The van der Waals surface area contributed by atoms with Crippen LogP contribution < -0.4 is 5.32 Å². The first-order valence-corrected chi connectivity index (χ1v) is 8.57. The number of anilines is 2. The second kappa shape index (κ2) is 6.53. The van der Waals surface area contributed by atoms with Gasteiger partial charge in [-0.05, 0) is 30.3 Å². The van der Waals surface area contributed by atoms with E-state index in [4.69, 9.17) is 4.98 Å². The quantitative estimate of drug-likeness (QED) is 0.483. The van der Waals surface area contributed by atoms with Gasteiger partial charge in [-0.25, -0.2) is 9.97 Å². The lowest BCUT2D eigenvalue weighted by molar-refractivity contribution is 0.475. The molecule has 0 bridgehead atoms. The average molecular weight is 392 g/mol. The van der Waals surface area contributed by atoms with Gasteiger partial charge in [-0.2, -0.15) is 0 Å². The minimum atomic E-state index is 0.193. The minimum absolute atomic E-state index is 0.193. The Bertz CT molecular complexity index is 1050. The zero-order valence-electron chi connectivity index (χ0n) is 13.1. The van der Waals surface area contributed by atoms with Crippen molar-refractivity contribution in [1.82, 2.24) is 9.97 Å². The second-order valence-corrected chi connectivity index (χ2v) is 6.51. The van der Waals surface area contributed by atoms with E-state index >= 15 is 0 Å². The molecule has 0 aliphatic carbocycles. The molecule has 0 saturated heterocycles. The Hall–Kier alpha value is -2.92. The standard InChI is InChI=1S/C20H14BrN3O/c21-14-9-10-18-17(11-14)19(13-5-2-1-3-6-13)24-20(23-18)22-15-7-4-8-16(25)12-15/h1-12,25H,(H,22,23,24). The van der Waals surface area contributed by atoms with Crippen LogP contribution in [0.2, 0.25) is 0 Å². The number of phenols is 1. The van der Waals surface area contributed by atoms with Gasteiger partial charge in [0.05, 0.1) is 11.2 Å². The van der Waals surface area contributed by atoms with Crippen molar-refractivity contribution >= 4 is 38.5 Å². The highest BCUT2D eigenvalue weighted by Crippen LogP contribution is 2.30. The molecule has 0 aliphatic rings. The molecule has 0 aliphatic heterocycles. The topological polar surface area (TPSA) is 58.0 Å². The van der Waals surface area contributed by atoms with Crippen LogP contribution in [0.15, 0.2) is 77.3 Å². The SMILES string of the molecule is Oc1cccc(Nc2nc(-c3ccccc3)c3cc(Br)ccc3n2)c1. The van der Waals surface area contributed by atoms with Crippen LogP contribution in [0.3, 0.4) is 0 Å². The largest absolute Gasteiger partial charge is 0.508 e. The summed E-state index contributed by atoms with van der Waals surface area (Å²) in [4.78, 5) is 9.32. The first kappa shape index (κ1) is 15.6. The molecule has 122 valence electrons. The van der Waals surface area contributed by atoms with Crippen molar-refractivity contribution < 1.29 is 5.11 Å². The molecule has 0 radical (unpaired) electrons. The summed E-state index contributed by atoms with van der Waals surface area (Å²) < 4.78 is 0.981. The van der Waals surface area contributed by atoms with E-state index in [2.05, 4.69) is 26.2 Å². The van der Waals surface area contributed by atoms with Gasteiger partial charge in [-0.15, -0.1) is 0 Å². The van der Waals surface area contributed by atoms with Crippen molar-refractivity contribution in [3.8, 4) is 17.0 Å². The van der Waals surface area contributed by atoms with Gasteiger partial charge < -0.3 is 10.4 Å². The highest BCUT2D eigenvalue weighted by atomic mass is 79.9. The molecule has 25 heavy (non-hydrogen) atoms. The maximum atomic E-state index is 9.64. The average Bonchev–Trinajstić information content (AvgIpc) is 2.62. The molecule has 1 aromatic heterocycles. The van der Waals surface area contributed by atoms with Crippen LogP contribution in [0.5, 0.6) is 5.75 Å². The molecule has 2 N–H and O–H groups in total. The number of rotatable bonds is 3. The zero-order valence-corrected chi connectivity index (χ0v) is 14.7. The Morgan fingerprint density at radius 3 is 2.48 bits per heavy atom. The Morgan fingerprint density at radius 2 is 1.68 bits per heavy atom. The third kappa shape index (κ3) is 3.32. The molecule has 3 aromatic carbocycles. The summed E-state index contributed by atoms with van der Waals surface area (Å²) in [6.07, 6.45) is 0. The highest BCUT2D eigenvalue weighted by Gasteiger charge is 2.10. The van der Waals surface area contributed by atoms with Crippen molar-refractivity contribution in [3.05, 3.63) is 77.3 Å². The minimum Gasteiger partial charge on any atom is -0.508 e. The number of benzene rings is 3. The number of aromatic nitrogens is 2. The van der Waals surface area contributed by atoms with Gasteiger partial charge in [-0.1, -0.05) is 52.3 Å². The van der Waals surface area contributed by atoms with Crippen LogP contribution in [0, 0.1) is 0 Å². The number of aromatic hydroxyl groups is 1. The number of hydrogen-bond donors (Lipinski definition) is 2. The van der Waals surface area contributed by atoms with Crippen LogP contribution >= 0.6 is 15.9 Å². The van der Waals surface area contributed by atoms with Crippen molar-refractivity contribution in [2.45, 2.75) is 0 Å². The van der Waals surface area contributed by atoms with E-state index in [1.807, 2.05) is 54.6 Å². The number of hydrogen-bond acceptors (Lipinski definition) is 4. The molecule has 4 aromatic rings. The smallest absolute Gasteiger partial charge is 0.228 e. The van der Waals surface area contributed by atoms with Crippen molar-refractivity contribution in [2.24, 2.45) is 0 Å². The van der Waals surface area contributed by atoms with E-state index in [-0.39, 0.29) is 5.75 Å². The van der Waals surface area contributed by atoms with E-state index < -0.39 is 0 Å². The van der Waals surface area contributed by atoms with Gasteiger partial charge in [-0.3, -0.25) is 0 Å². The van der Waals surface area contributed by atoms with E-state index in [1.165, 1.54) is 0 Å². The summed E-state index contributed by atoms with van der Waals surface area (Å²) in [5.41, 5.74) is 3.46. The molecular formula is C20H14BrN3O. The van der Waals surface area contributed by atoms with Crippen molar-refractivity contribution in [3.63, 3.8) is 0 Å². The summed E-state index contributed by atoms with van der Waals surface area (Å²) in [5, 5.41) is 13.8. The first-order valence-electron chi connectivity index (χ1n) is 7.78. The predicted octanol–water partition coefficient (Wildman–Crippen LogP) is 5.51. The lowest BCUT2D eigenvalue weighted by Gasteiger charge is -2.11. The monoisotopic (exact) mass is 391 g/mol. The van der Waals surface area contributed by atoms with E-state index in [1.54, 1.807) is 18.2 Å². The fourth-order valence-electron chi connectivity index (χ4n) is 2.69. The molecule has 0 amide bonds. The number of halogens is 1. The molecule has 0 spiro atoms. The zero-order chi connectivity index (χ0) is 17.2. The Morgan fingerprint density at radius 1 is 0.840 bits per heavy atom. The van der Waals surface area contributed by atoms with Gasteiger partial charge in [0.1, 0.15) is 5.75 Å². The maximum Gasteiger partial charge on any atom is 0.228 e. The number of fused-ring (bicyclic) bond motifs is 1.